The maximum absolute atomic E-state index is 12.6. The van der Waals surface area contributed by atoms with Gasteiger partial charge in [-0.25, -0.2) is 4.98 Å². The van der Waals surface area contributed by atoms with Crippen molar-refractivity contribution in [3.63, 3.8) is 0 Å². The van der Waals surface area contributed by atoms with Crippen LogP contribution in [0.25, 0.3) is 0 Å². The molecule has 0 fully saturated rings. The molecule has 0 amide bonds. The van der Waals surface area contributed by atoms with Crippen molar-refractivity contribution in [1.29, 1.82) is 0 Å². The third-order valence-corrected chi connectivity index (χ3v) is 4.33. The van der Waals surface area contributed by atoms with Crippen molar-refractivity contribution in [1.82, 2.24) is 15.2 Å². The standard InChI is InChI=1S/C16H19F3N4S/c1-11-6-4-5-7-12(11)9-23(3)15(20-2)21-8-14-22-13(10-24-14)16(17,18)19/h4-7,10H,8-9H2,1-3H3,(H,20,21). The number of alkyl halides is 3. The summed E-state index contributed by atoms with van der Waals surface area (Å²) in [6, 6.07) is 8.02. The van der Waals surface area contributed by atoms with Gasteiger partial charge >= 0.3 is 6.18 Å². The van der Waals surface area contributed by atoms with E-state index >= 15 is 0 Å². The SMILES string of the molecule is CN=C(NCc1nc(C(F)(F)F)cs1)N(C)Cc1ccccc1C. The van der Waals surface area contributed by atoms with E-state index in [2.05, 4.69) is 15.3 Å². The fourth-order valence-electron chi connectivity index (χ4n) is 2.18. The van der Waals surface area contributed by atoms with Crippen molar-refractivity contribution in [2.24, 2.45) is 4.99 Å². The van der Waals surface area contributed by atoms with Gasteiger partial charge in [-0.2, -0.15) is 13.2 Å². The number of hydrogen-bond acceptors (Lipinski definition) is 3. The van der Waals surface area contributed by atoms with Crippen LogP contribution in [0.1, 0.15) is 21.8 Å². The van der Waals surface area contributed by atoms with E-state index in [1.807, 2.05) is 43.1 Å². The lowest BCUT2D eigenvalue weighted by Gasteiger charge is -2.22. The van der Waals surface area contributed by atoms with Gasteiger partial charge in [0, 0.05) is 26.0 Å². The van der Waals surface area contributed by atoms with Crippen LogP contribution in [-0.2, 0) is 19.3 Å². The Hall–Kier alpha value is -2.09. The van der Waals surface area contributed by atoms with Crippen LogP contribution in [0.15, 0.2) is 34.6 Å². The molecule has 2 rings (SSSR count). The van der Waals surface area contributed by atoms with Crippen LogP contribution in [0.3, 0.4) is 0 Å². The maximum Gasteiger partial charge on any atom is 0.434 e. The highest BCUT2D eigenvalue weighted by Crippen LogP contribution is 2.29. The molecular formula is C16H19F3N4S. The molecule has 4 nitrogen and oxygen atoms in total. The van der Waals surface area contributed by atoms with Gasteiger partial charge in [0.2, 0.25) is 0 Å². The Bertz CT molecular complexity index is 709. The summed E-state index contributed by atoms with van der Waals surface area (Å²) in [6.07, 6.45) is -4.40. The zero-order valence-corrected chi connectivity index (χ0v) is 14.5. The van der Waals surface area contributed by atoms with E-state index in [-0.39, 0.29) is 6.54 Å². The van der Waals surface area contributed by atoms with E-state index in [9.17, 15) is 13.2 Å². The first-order valence-corrected chi connectivity index (χ1v) is 8.17. The zero-order valence-electron chi connectivity index (χ0n) is 13.7. The Balaban J connectivity index is 1.97. The van der Waals surface area contributed by atoms with E-state index in [1.54, 1.807) is 7.05 Å². The summed E-state index contributed by atoms with van der Waals surface area (Å²) < 4.78 is 37.7. The number of aromatic nitrogens is 1. The second kappa shape index (κ2) is 7.65. The van der Waals surface area contributed by atoms with Crippen molar-refractivity contribution in [3.8, 4) is 0 Å². The van der Waals surface area contributed by atoms with E-state index in [4.69, 9.17) is 0 Å². The summed E-state index contributed by atoms with van der Waals surface area (Å²) in [5.41, 5.74) is 1.48. The molecule has 0 aliphatic carbocycles. The Labute approximate surface area is 143 Å². The Morgan fingerprint density at radius 3 is 2.62 bits per heavy atom. The summed E-state index contributed by atoms with van der Waals surface area (Å²) in [5.74, 6) is 0.599. The fourth-order valence-corrected chi connectivity index (χ4v) is 2.92. The van der Waals surface area contributed by atoms with Gasteiger partial charge in [0.15, 0.2) is 11.7 Å². The molecule has 0 aliphatic heterocycles. The van der Waals surface area contributed by atoms with Gasteiger partial charge in [-0.15, -0.1) is 11.3 Å². The third-order valence-electron chi connectivity index (χ3n) is 3.48. The lowest BCUT2D eigenvalue weighted by molar-refractivity contribution is -0.140. The fraction of sp³-hybridized carbons (Fsp3) is 0.375. The molecule has 0 atom stereocenters. The molecule has 0 radical (unpaired) electrons. The number of halogens is 3. The van der Waals surface area contributed by atoms with Crippen molar-refractivity contribution < 1.29 is 13.2 Å². The summed E-state index contributed by atoms with van der Waals surface area (Å²) in [7, 11) is 3.52. The van der Waals surface area contributed by atoms with Gasteiger partial charge in [0.25, 0.3) is 0 Å². The lowest BCUT2D eigenvalue weighted by Crippen LogP contribution is -2.38. The largest absolute Gasteiger partial charge is 0.434 e. The molecule has 1 aromatic carbocycles. The van der Waals surface area contributed by atoms with Crippen LogP contribution in [0.4, 0.5) is 13.2 Å². The predicted molar refractivity (Wildman–Crippen MR) is 90.0 cm³/mol. The van der Waals surface area contributed by atoms with Crippen LogP contribution in [-0.4, -0.2) is 29.9 Å². The van der Waals surface area contributed by atoms with E-state index in [0.29, 0.717) is 17.5 Å². The van der Waals surface area contributed by atoms with Crippen LogP contribution in [0.5, 0.6) is 0 Å². The molecule has 0 saturated heterocycles. The van der Waals surface area contributed by atoms with Crippen molar-refractivity contribution in [2.75, 3.05) is 14.1 Å². The first kappa shape index (κ1) is 18.3. The number of aryl methyl sites for hydroxylation is 1. The van der Waals surface area contributed by atoms with Gasteiger partial charge in [-0.3, -0.25) is 4.99 Å². The lowest BCUT2D eigenvalue weighted by atomic mass is 10.1. The van der Waals surface area contributed by atoms with Crippen LogP contribution in [0, 0.1) is 6.92 Å². The number of benzene rings is 1. The molecule has 1 heterocycles. The minimum Gasteiger partial charge on any atom is -0.350 e. The Kier molecular flexibility index (Phi) is 5.82. The van der Waals surface area contributed by atoms with Gasteiger partial charge in [-0.05, 0) is 18.1 Å². The molecule has 0 unspecified atom stereocenters. The van der Waals surface area contributed by atoms with Crippen LogP contribution < -0.4 is 5.32 Å². The minimum atomic E-state index is -4.40. The Morgan fingerprint density at radius 2 is 2.04 bits per heavy atom. The summed E-state index contributed by atoms with van der Waals surface area (Å²) >= 11 is 0.980. The molecule has 130 valence electrons. The molecule has 24 heavy (non-hydrogen) atoms. The topological polar surface area (TPSA) is 40.5 Å². The molecule has 0 spiro atoms. The highest BCUT2D eigenvalue weighted by Gasteiger charge is 2.33. The first-order chi connectivity index (χ1) is 11.3. The molecule has 2 aromatic rings. The average Bonchev–Trinajstić information content (AvgIpc) is 2.99. The average molecular weight is 356 g/mol. The molecule has 0 aliphatic rings. The summed E-state index contributed by atoms with van der Waals surface area (Å²) in [5, 5.41) is 4.44. The van der Waals surface area contributed by atoms with E-state index in [0.717, 1.165) is 22.3 Å². The van der Waals surface area contributed by atoms with Crippen LogP contribution >= 0.6 is 11.3 Å². The quantitative estimate of drug-likeness (QED) is 0.671. The highest BCUT2D eigenvalue weighted by atomic mass is 32.1. The number of thiazole rings is 1. The molecule has 0 saturated carbocycles. The summed E-state index contributed by atoms with van der Waals surface area (Å²) in [6.45, 7) is 2.89. The Morgan fingerprint density at radius 1 is 1.33 bits per heavy atom. The maximum atomic E-state index is 12.6. The summed E-state index contributed by atoms with van der Waals surface area (Å²) in [4.78, 5) is 9.69. The second-order valence-corrected chi connectivity index (χ2v) is 6.25. The number of nitrogens with zero attached hydrogens (tertiary/aromatic N) is 3. The minimum absolute atomic E-state index is 0.200. The monoisotopic (exact) mass is 356 g/mol. The van der Waals surface area contributed by atoms with Crippen LogP contribution in [0.2, 0.25) is 0 Å². The highest BCUT2D eigenvalue weighted by molar-refractivity contribution is 7.09. The van der Waals surface area contributed by atoms with Crippen molar-refractivity contribution in [2.45, 2.75) is 26.2 Å². The molecular weight excluding hydrogens is 337 g/mol. The smallest absolute Gasteiger partial charge is 0.350 e. The van der Waals surface area contributed by atoms with Gasteiger partial charge in [-0.1, -0.05) is 24.3 Å². The van der Waals surface area contributed by atoms with Gasteiger partial charge in [0.1, 0.15) is 5.01 Å². The van der Waals surface area contributed by atoms with Gasteiger partial charge in [0.05, 0.1) is 6.54 Å². The molecule has 1 N–H and O–H groups in total. The number of aliphatic imine (C=N–C) groups is 1. The number of hydrogen-bond donors (Lipinski definition) is 1. The normalized spacial score (nSPS) is 12.3. The third kappa shape index (κ3) is 4.70. The zero-order chi connectivity index (χ0) is 17.7. The van der Waals surface area contributed by atoms with Gasteiger partial charge < -0.3 is 10.2 Å². The second-order valence-electron chi connectivity index (χ2n) is 5.31. The van der Waals surface area contributed by atoms with Crippen molar-refractivity contribution in [3.05, 3.63) is 51.5 Å². The number of nitrogens with one attached hydrogen (secondary N) is 1. The van der Waals surface area contributed by atoms with E-state index < -0.39 is 11.9 Å². The van der Waals surface area contributed by atoms with Crippen molar-refractivity contribution >= 4 is 17.3 Å². The first-order valence-electron chi connectivity index (χ1n) is 7.29. The molecule has 0 bridgehead atoms. The number of rotatable bonds is 4. The molecule has 8 heteroatoms. The van der Waals surface area contributed by atoms with E-state index in [1.165, 1.54) is 5.56 Å². The predicted octanol–water partition coefficient (Wildman–Crippen LogP) is 3.68. The molecule has 1 aromatic heterocycles. The number of guanidine groups is 1.